The van der Waals surface area contributed by atoms with Gasteiger partial charge in [-0.15, -0.1) is 0 Å². The van der Waals surface area contributed by atoms with Gasteiger partial charge in [0, 0.05) is 30.4 Å². The van der Waals surface area contributed by atoms with E-state index < -0.39 is 0 Å². The highest BCUT2D eigenvalue weighted by atomic mass is 16.5. The van der Waals surface area contributed by atoms with Crippen molar-refractivity contribution < 1.29 is 14.3 Å². The van der Waals surface area contributed by atoms with Gasteiger partial charge in [0.05, 0.1) is 19.3 Å². The van der Waals surface area contributed by atoms with Gasteiger partial charge in [-0.05, 0) is 26.0 Å². The fourth-order valence-electron chi connectivity index (χ4n) is 2.67. The van der Waals surface area contributed by atoms with Crippen LogP contribution in [0.2, 0.25) is 0 Å². The molecule has 0 unspecified atom stereocenters. The first-order valence-corrected chi connectivity index (χ1v) is 7.96. The van der Waals surface area contributed by atoms with Crippen molar-refractivity contribution in [1.82, 2.24) is 9.88 Å². The molecule has 0 spiro atoms. The van der Waals surface area contributed by atoms with Gasteiger partial charge in [-0.2, -0.15) is 0 Å². The van der Waals surface area contributed by atoms with Crippen molar-refractivity contribution in [1.29, 1.82) is 0 Å². The van der Waals surface area contributed by atoms with E-state index in [1.807, 2.05) is 55.3 Å². The van der Waals surface area contributed by atoms with Crippen molar-refractivity contribution in [2.75, 3.05) is 26.3 Å². The molecule has 1 N–H and O–H groups in total. The van der Waals surface area contributed by atoms with Crippen LogP contribution >= 0.6 is 0 Å². The second-order valence-corrected chi connectivity index (χ2v) is 5.87. The first-order valence-electron chi connectivity index (χ1n) is 7.96. The maximum Gasteiger partial charge on any atom is 0.270 e. The topological polar surface area (TPSA) is 54.6 Å². The van der Waals surface area contributed by atoms with Gasteiger partial charge in [-0.1, -0.05) is 18.2 Å². The summed E-state index contributed by atoms with van der Waals surface area (Å²) in [5.41, 5.74) is 2.54. The molecule has 0 bridgehead atoms. The van der Waals surface area contributed by atoms with Crippen molar-refractivity contribution >= 4 is 5.91 Å². The molecule has 0 atom stereocenters. The number of hydrogen-bond acceptors (Lipinski definition) is 3. The lowest BCUT2D eigenvalue weighted by molar-refractivity contribution is 0.0299. The Morgan fingerprint density at radius 1 is 1.26 bits per heavy atom. The summed E-state index contributed by atoms with van der Waals surface area (Å²) in [6.45, 7) is 6.48. The molecule has 0 saturated carbocycles. The minimum atomic E-state index is 0.0156. The standard InChI is InChI=1S/C18H22N2O3/c1-13(2)23-17-6-4-3-5-15(17)14-11-16(19-12-14)18(21)20-7-9-22-10-8-20/h3-6,11-13,19H,7-10H2,1-2H3. The van der Waals surface area contributed by atoms with Gasteiger partial charge in [-0.3, -0.25) is 4.79 Å². The van der Waals surface area contributed by atoms with Crippen LogP contribution in [0.25, 0.3) is 11.1 Å². The number of H-pyrrole nitrogens is 1. The van der Waals surface area contributed by atoms with E-state index >= 15 is 0 Å². The SMILES string of the molecule is CC(C)Oc1ccccc1-c1c[nH]c(C(=O)N2CCOCC2)c1. The number of hydrogen-bond donors (Lipinski definition) is 1. The third kappa shape index (κ3) is 3.56. The van der Waals surface area contributed by atoms with Gasteiger partial charge in [0.15, 0.2) is 0 Å². The highest BCUT2D eigenvalue weighted by Crippen LogP contribution is 2.31. The number of carbonyl (C=O) groups excluding carboxylic acids is 1. The van der Waals surface area contributed by atoms with E-state index in [1.54, 1.807) is 0 Å². The van der Waals surface area contributed by atoms with Crippen LogP contribution in [0.3, 0.4) is 0 Å². The molecule has 1 aromatic heterocycles. The number of nitrogens with one attached hydrogen (secondary N) is 1. The molecule has 5 heteroatoms. The van der Waals surface area contributed by atoms with Gasteiger partial charge in [-0.25, -0.2) is 0 Å². The normalized spacial score (nSPS) is 15.0. The van der Waals surface area contributed by atoms with E-state index in [0.717, 1.165) is 16.9 Å². The van der Waals surface area contributed by atoms with E-state index in [2.05, 4.69) is 4.98 Å². The van der Waals surface area contributed by atoms with E-state index in [1.165, 1.54) is 0 Å². The Balaban J connectivity index is 1.83. The summed E-state index contributed by atoms with van der Waals surface area (Å²) >= 11 is 0. The summed E-state index contributed by atoms with van der Waals surface area (Å²) in [6, 6.07) is 9.77. The quantitative estimate of drug-likeness (QED) is 0.944. The molecule has 2 heterocycles. The molecule has 1 aliphatic rings. The van der Waals surface area contributed by atoms with Gasteiger partial charge >= 0.3 is 0 Å². The van der Waals surface area contributed by atoms with Gasteiger partial charge in [0.25, 0.3) is 5.91 Å². The zero-order chi connectivity index (χ0) is 16.2. The third-order valence-electron chi connectivity index (χ3n) is 3.77. The van der Waals surface area contributed by atoms with Crippen molar-refractivity contribution in [3.05, 3.63) is 42.2 Å². The number of carbonyl (C=O) groups is 1. The number of aromatic nitrogens is 1. The molecule has 0 aliphatic carbocycles. The van der Waals surface area contributed by atoms with Crippen molar-refractivity contribution in [3.63, 3.8) is 0 Å². The molecular formula is C18H22N2O3. The second kappa shape index (κ2) is 6.87. The predicted octanol–water partition coefficient (Wildman–Crippen LogP) is 2.94. The monoisotopic (exact) mass is 314 g/mol. The van der Waals surface area contributed by atoms with Crippen LogP contribution in [0.4, 0.5) is 0 Å². The first-order chi connectivity index (χ1) is 11.1. The van der Waals surface area contributed by atoms with Crippen LogP contribution in [0.15, 0.2) is 36.5 Å². The molecule has 1 fully saturated rings. The number of nitrogens with zero attached hydrogens (tertiary/aromatic N) is 1. The first kappa shape index (κ1) is 15.6. The lowest BCUT2D eigenvalue weighted by Crippen LogP contribution is -2.40. The fraction of sp³-hybridized carbons (Fsp3) is 0.389. The molecule has 1 saturated heterocycles. The number of ether oxygens (including phenoxy) is 2. The van der Waals surface area contributed by atoms with Crippen LogP contribution in [0, 0.1) is 0 Å². The molecule has 1 aromatic carbocycles. The van der Waals surface area contributed by atoms with Crippen LogP contribution in [0.1, 0.15) is 24.3 Å². The largest absolute Gasteiger partial charge is 0.490 e. The Morgan fingerprint density at radius 3 is 2.74 bits per heavy atom. The lowest BCUT2D eigenvalue weighted by atomic mass is 10.1. The van der Waals surface area contributed by atoms with Crippen molar-refractivity contribution in [3.8, 4) is 16.9 Å². The van der Waals surface area contributed by atoms with Crippen LogP contribution in [0.5, 0.6) is 5.75 Å². The number of para-hydroxylation sites is 1. The zero-order valence-corrected chi connectivity index (χ0v) is 13.5. The number of benzene rings is 1. The van der Waals surface area contributed by atoms with Crippen molar-refractivity contribution in [2.45, 2.75) is 20.0 Å². The average molecular weight is 314 g/mol. The summed E-state index contributed by atoms with van der Waals surface area (Å²) < 4.78 is 11.2. The van der Waals surface area contributed by atoms with Gasteiger partial charge in [0.2, 0.25) is 0 Å². The zero-order valence-electron chi connectivity index (χ0n) is 13.5. The van der Waals surface area contributed by atoms with Crippen LogP contribution in [-0.2, 0) is 4.74 Å². The Hall–Kier alpha value is -2.27. The highest BCUT2D eigenvalue weighted by molar-refractivity contribution is 5.94. The van der Waals surface area contributed by atoms with Crippen molar-refractivity contribution in [2.24, 2.45) is 0 Å². The Kier molecular flexibility index (Phi) is 4.67. The van der Waals surface area contributed by atoms with Gasteiger partial charge in [0.1, 0.15) is 11.4 Å². The summed E-state index contributed by atoms with van der Waals surface area (Å²) in [5.74, 6) is 0.841. The number of rotatable bonds is 4. The van der Waals surface area contributed by atoms with Crippen LogP contribution in [-0.4, -0.2) is 48.2 Å². The maximum atomic E-state index is 12.5. The smallest absolute Gasteiger partial charge is 0.270 e. The molecule has 0 radical (unpaired) electrons. The van der Waals surface area contributed by atoms with Gasteiger partial charge < -0.3 is 19.4 Å². The molecular weight excluding hydrogens is 292 g/mol. The number of aromatic amines is 1. The predicted molar refractivity (Wildman–Crippen MR) is 88.7 cm³/mol. The summed E-state index contributed by atoms with van der Waals surface area (Å²) in [7, 11) is 0. The molecule has 122 valence electrons. The summed E-state index contributed by atoms with van der Waals surface area (Å²) in [4.78, 5) is 17.4. The molecule has 5 nitrogen and oxygen atoms in total. The summed E-state index contributed by atoms with van der Waals surface area (Å²) in [5, 5.41) is 0. The van der Waals surface area contributed by atoms with E-state index in [9.17, 15) is 4.79 Å². The molecule has 1 amide bonds. The second-order valence-electron chi connectivity index (χ2n) is 5.87. The summed E-state index contributed by atoms with van der Waals surface area (Å²) in [6.07, 6.45) is 1.96. The highest BCUT2D eigenvalue weighted by Gasteiger charge is 2.20. The molecule has 2 aromatic rings. The average Bonchev–Trinajstić information content (AvgIpc) is 3.05. The maximum absolute atomic E-state index is 12.5. The minimum Gasteiger partial charge on any atom is -0.490 e. The fourth-order valence-corrected chi connectivity index (χ4v) is 2.67. The molecule has 23 heavy (non-hydrogen) atoms. The minimum absolute atomic E-state index is 0.0156. The lowest BCUT2D eigenvalue weighted by Gasteiger charge is -2.26. The third-order valence-corrected chi connectivity index (χ3v) is 3.77. The Morgan fingerprint density at radius 2 is 2.00 bits per heavy atom. The number of amides is 1. The van der Waals surface area contributed by atoms with E-state index in [-0.39, 0.29) is 12.0 Å². The Labute approximate surface area is 136 Å². The molecule has 3 rings (SSSR count). The van der Waals surface area contributed by atoms with Crippen LogP contribution < -0.4 is 4.74 Å². The van der Waals surface area contributed by atoms with E-state index in [4.69, 9.17) is 9.47 Å². The Bertz CT molecular complexity index is 672. The van der Waals surface area contributed by atoms with E-state index in [0.29, 0.717) is 32.0 Å². The number of morpholine rings is 1. The molecule has 1 aliphatic heterocycles.